The normalized spacial score (nSPS) is 19.1. The van der Waals surface area contributed by atoms with Crippen molar-refractivity contribution in [1.29, 1.82) is 0 Å². The zero-order chi connectivity index (χ0) is 14.8. The van der Waals surface area contributed by atoms with Crippen molar-refractivity contribution in [2.45, 2.75) is 12.0 Å². The van der Waals surface area contributed by atoms with Gasteiger partial charge in [0.15, 0.2) is 0 Å². The summed E-state index contributed by atoms with van der Waals surface area (Å²) in [5.41, 5.74) is 0.401. The van der Waals surface area contributed by atoms with E-state index in [0.717, 1.165) is 0 Å². The van der Waals surface area contributed by atoms with E-state index in [1.807, 2.05) is 0 Å². The third-order valence-electron chi connectivity index (χ3n) is 3.38. The molecule has 0 saturated carbocycles. The van der Waals surface area contributed by atoms with Gasteiger partial charge in [0.25, 0.3) is 5.92 Å². The molecular weight excluding hydrogens is 354 g/mol. The average Bonchev–Trinajstić information content (AvgIpc) is 2.44. The Labute approximate surface area is 130 Å². The van der Waals surface area contributed by atoms with Gasteiger partial charge in [0.1, 0.15) is 12.6 Å². The van der Waals surface area contributed by atoms with E-state index in [4.69, 9.17) is 16.7 Å². The van der Waals surface area contributed by atoms with Crippen molar-refractivity contribution >= 4 is 27.5 Å². The molecule has 7 heteroatoms. The lowest BCUT2D eigenvalue weighted by molar-refractivity contribution is -0.118. The zero-order valence-electron chi connectivity index (χ0n) is 10.8. The summed E-state index contributed by atoms with van der Waals surface area (Å²) in [5, 5.41) is 12.6. The van der Waals surface area contributed by atoms with Crippen LogP contribution in [0.1, 0.15) is 11.6 Å². The molecule has 0 amide bonds. The summed E-state index contributed by atoms with van der Waals surface area (Å²) in [6.45, 7) is 1.10. The summed E-state index contributed by atoms with van der Waals surface area (Å²) in [5.74, 6) is -3.23. The van der Waals surface area contributed by atoms with Gasteiger partial charge < -0.3 is 10.4 Å². The van der Waals surface area contributed by atoms with Crippen molar-refractivity contribution in [3.63, 3.8) is 0 Å². The van der Waals surface area contributed by atoms with Crippen LogP contribution in [0.2, 0.25) is 5.02 Å². The third kappa shape index (κ3) is 3.49. The molecule has 0 aromatic heterocycles. The highest BCUT2D eigenvalue weighted by molar-refractivity contribution is 9.10. The second-order valence-electron chi connectivity index (χ2n) is 4.77. The summed E-state index contributed by atoms with van der Waals surface area (Å²) >= 11 is 9.24. The maximum Gasteiger partial charge on any atom is 0.289 e. The Kier molecular flexibility index (Phi) is 5.36. The van der Waals surface area contributed by atoms with Crippen LogP contribution in [-0.4, -0.2) is 48.7 Å². The summed E-state index contributed by atoms with van der Waals surface area (Å²) in [4.78, 5) is 1.68. The molecule has 0 aliphatic carbocycles. The van der Waals surface area contributed by atoms with Gasteiger partial charge in [-0.1, -0.05) is 27.5 Å². The number of alkyl halides is 2. The van der Waals surface area contributed by atoms with Gasteiger partial charge in [-0.3, -0.25) is 4.90 Å². The van der Waals surface area contributed by atoms with Crippen molar-refractivity contribution < 1.29 is 13.9 Å². The molecule has 1 heterocycles. The number of aliphatic hydroxyl groups excluding tert-OH is 1. The maximum atomic E-state index is 14.2. The molecule has 3 nitrogen and oxygen atoms in total. The first kappa shape index (κ1) is 16.1. The number of piperazine rings is 1. The molecule has 20 heavy (non-hydrogen) atoms. The molecule has 1 aliphatic heterocycles. The number of benzene rings is 1. The van der Waals surface area contributed by atoms with Crippen LogP contribution in [0.25, 0.3) is 0 Å². The molecule has 0 radical (unpaired) electrons. The van der Waals surface area contributed by atoms with Crippen LogP contribution in [-0.2, 0) is 0 Å². The Balaban J connectivity index is 2.42. The van der Waals surface area contributed by atoms with Crippen LogP contribution < -0.4 is 5.32 Å². The van der Waals surface area contributed by atoms with Crippen molar-refractivity contribution in [3.8, 4) is 0 Å². The third-order valence-corrected chi connectivity index (χ3v) is 4.34. The SMILES string of the molecule is OCC(F)(F)[C@@H](c1cc(Cl)ccc1Br)N1CCNCC1. The van der Waals surface area contributed by atoms with Crippen LogP contribution in [0.4, 0.5) is 8.78 Å². The number of hydrogen-bond donors (Lipinski definition) is 2. The van der Waals surface area contributed by atoms with Gasteiger partial charge in [-0.05, 0) is 23.8 Å². The fourth-order valence-electron chi connectivity index (χ4n) is 2.44. The van der Waals surface area contributed by atoms with Gasteiger partial charge in [-0.2, -0.15) is 0 Å². The summed E-state index contributed by atoms with van der Waals surface area (Å²) in [6, 6.07) is 3.63. The zero-order valence-corrected chi connectivity index (χ0v) is 13.1. The van der Waals surface area contributed by atoms with E-state index in [2.05, 4.69) is 21.2 Å². The van der Waals surface area contributed by atoms with E-state index in [-0.39, 0.29) is 0 Å². The maximum absolute atomic E-state index is 14.2. The van der Waals surface area contributed by atoms with Crippen LogP contribution in [0.15, 0.2) is 22.7 Å². The van der Waals surface area contributed by atoms with Crippen molar-refractivity contribution in [2.75, 3.05) is 32.8 Å². The van der Waals surface area contributed by atoms with E-state index >= 15 is 0 Å². The van der Waals surface area contributed by atoms with Crippen LogP contribution in [0.5, 0.6) is 0 Å². The Hall–Kier alpha value is -0.270. The van der Waals surface area contributed by atoms with E-state index in [0.29, 0.717) is 41.2 Å². The minimum atomic E-state index is -3.23. The number of hydrogen-bond acceptors (Lipinski definition) is 3. The molecule has 1 saturated heterocycles. The van der Waals surface area contributed by atoms with Crippen molar-refractivity contribution in [3.05, 3.63) is 33.3 Å². The highest BCUT2D eigenvalue weighted by atomic mass is 79.9. The number of aliphatic hydroxyl groups is 1. The number of rotatable bonds is 4. The van der Waals surface area contributed by atoms with Gasteiger partial charge in [0.2, 0.25) is 0 Å². The predicted molar refractivity (Wildman–Crippen MR) is 78.4 cm³/mol. The Morgan fingerprint density at radius 2 is 2.05 bits per heavy atom. The summed E-state index contributed by atoms with van der Waals surface area (Å²) in [6.07, 6.45) is 0. The smallest absolute Gasteiger partial charge is 0.289 e. The van der Waals surface area contributed by atoms with Gasteiger partial charge in [-0.15, -0.1) is 0 Å². The van der Waals surface area contributed by atoms with Gasteiger partial charge >= 0.3 is 0 Å². The molecular formula is C13H16BrClF2N2O. The second kappa shape index (κ2) is 6.66. The standard InChI is InChI=1S/C13H16BrClF2N2O/c14-11-2-1-9(15)7-10(11)12(13(16,17)8-20)19-5-3-18-4-6-19/h1-2,7,12,18,20H,3-6,8H2/t12-/m1/s1. The molecule has 1 aromatic rings. The first-order chi connectivity index (χ1) is 9.45. The van der Waals surface area contributed by atoms with E-state index < -0.39 is 18.6 Å². The summed E-state index contributed by atoms with van der Waals surface area (Å²) in [7, 11) is 0. The largest absolute Gasteiger partial charge is 0.390 e. The monoisotopic (exact) mass is 368 g/mol. The fraction of sp³-hybridized carbons (Fsp3) is 0.538. The van der Waals surface area contributed by atoms with Crippen LogP contribution >= 0.6 is 27.5 Å². The fourth-order valence-corrected chi connectivity index (χ4v) is 3.09. The second-order valence-corrected chi connectivity index (χ2v) is 6.06. The van der Waals surface area contributed by atoms with Crippen LogP contribution in [0, 0.1) is 0 Å². The molecule has 2 rings (SSSR count). The average molecular weight is 370 g/mol. The first-order valence-corrected chi connectivity index (χ1v) is 7.51. The van der Waals surface area contributed by atoms with Gasteiger partial charge in [0, 0.05) is 35.7 Å². The highest BCUT2D eigenvalue weighted by Gasteiger charge is 2.44. The molecule has 0 bridgehead atoms. The molecule has 1 aliphatic rings. The molecule has 1 aromatic carbocycles. The lowest BCUT2D eigenvalue weighted by Gasteiger charge is -2.39. The first-order valence-electron chi connectivity index (χ1n) is 6.34. The Bertz CT molecular complexity index is 470. The quantitative estimate of drug-likeness (QED) is 0.856. The van der Waals surface area contributed by atoms with Crippen LogP contribution in [0.3, 0.4) is 0 Å². The Morgan fingerprint density at radius 3 is 2.65 bits per heavy atom. The lowest BCUT2D eigenvalue weighted by atomic mass is 9.98. The van der Waals surface area contributed by atoms with Gasteiger partial charge in [-0.25, -0.2) is 8.78 Å². The molecule has 1 atom stereocenters. The van der Waals surface area contributed by atoms with E-state index in [1.54, 1.807) is 17.0 Å². The van der Waals surface area contributed by atoms with Crippen molar-refractivity contribution in [2.24, 2.45) is 0 Å². The Morgan fingerprint density at radius 1 is 1.40 bits per heavy atom. The molecule has 0 spiro atoms. The summed E-state index contributed by atoms with van der Waals surface area (Å²) < 4.78 is 29.0. The molecule has 0 unspecified atom stereocenters. The number of nitrogens with zero attached hydrogens (tertiary/aromatic N) is 1. The van der Waals surface area contributed by atoms with E-state index in [9.17, 15) is 8.78 Å². The molecule has 112 valence electrons. The topological polar surface area (TPSA) is 35.5 Å². The highest BCUT2D eigenvalue weighted by Crippen LogP contribution is 2.40. The minimum Gasteiger partial charge on any atom is -0.390 e. The number of nitrogens with one attached hydrogen (secondary N) is 1. The number of halogens is 4. The minimum absolute atomic E-state index is 0.400. The van der Waals surface area contributed by atoms with Crippen molar-refractivity contribution in [1.82, 2.24) is 10.2 Å². The van der Waals surface area contributed by atoms with E-state index in [1.165, 1.54) is 6.07 Å². The molecule has 2 N–H and O–H groups in total. The predicted octanol–water partition coefficient (Wildman–Crippen LogP) is 2.68. The molecule has 1 fully saturated rings. The lowest BCUT2D eigenvalue weighted by Crippen LogP contribution is -2.51. The van der Waals surface area contributed by atoms with Gasteiger partial charge in [0.05, 0.1) is 0 Å².